The molecule has 32 heavy (non-hydrogen) atoms. The molecule has 10 heteroatoms. The predicted octanol–water partition coefficient (Wildman–Crippen LogP) is 4.19. The number of ether oxygens (including phenoxy) is 4. The van der Waals surface area contributed by atoms with E-state index >= 15 is 0 Å². The maximum absolute atomic E-state index is 12.7. The molecule has 2 aromatic carbocycles. The van der Waals surface area contributed by atoms with Gasteiger partial charge in [-0.25, -0.2) is 4.79 Å². The molecule has 1 aliphatic heterocycles. The van der Waals surface area contributed by atoms with Crippen molar-refractivity contribution >= 4 is 29.0 Å². The van der Waals surface area contributed by atoms with Crippen molar-refractivity contribution in [3.63, 3.8) is 0 Å². The van der Waals surface area contributed by atoms with Crippen LogP contribution in [0.15, 0.2) is 53.7 Å². The van der Waals surface area contributed by atoms with Crippen molar-refractivity contribution in [3.8, 4) is 17.2 Å². The van der Waals surface area contributed by atoms with Gasteiger partial charge in [0.25, 0.3) is 0 Å². The molecular weight excluding hydrogens is 442 g/mol. The Morgan fingerprint density at radius 2 is 1.75 bits per heavy atom. The largest absolute Gasteiger partial charge is 0.497 e. The van der Waals surface area contributed by atoms with Crippen molar-refractivity contribution < 1.29 is 32.5 Å². The molecule has 0 aliphatic carbocycles. The summed E-state index contributed by atoms with van der Waals surface area (Å²) >= 11 is 5.59. The van der Waals surface area contributed by atoms with E-state index in [0.717, 1.165) is 5.69 Å². The SMILES string of the molecule is COC(=O)C1=C(C)N(c2ccc(OC)cc2)C(=S)N[C@H]1c1ccc(OC(F)F)c(OC)c1. The third kappa shape index (κ3) is 4.59. The molecule has 0 saturated heterocycles. The molecule has 0 aromatic heterocycles. The van der Waals surface area contributed by atoms with E-state index in [1.165, 1.54) is 26.4 Å². The van der Waals surface area contributed by atoms with Crippen LogP contribution >= 0.6 is 12.2 Å². The average molecular weight is 464 g/mol. The Balaban J connectivity index is 2.08. The van der Waals surface area contributed by atoms with E-state index in [1.54, 1.807) is 37.1 Å². The van der Waals surface area contributed by atoms with Gasteiger partial charge in [0.2, 0.25) is 0 Å². The summed E-state index contributed by atoms with van der Waals surface area (Å²) in [6, 6.07) is 10.9. The number of thiocarbonyl (C=S) groups is 1. The summed E-state index contributed by atoms with van der Waals surface area (Å²) in [6.07, 6.45) is 0. The second-order valence-corrected chi connectivity index (χ2v) is 7.08. The first-order chi connectivity index (χ1) is 15.3. The van der Waals surface area contributed by atoms with Gasteiger partial charge < -0.3 is 24.3 Å². The van der Waals surface area contributed by atoms with Crippen LogP contribution in [0.3, 0.4) is 0 Å². The molecule has 1 aliphatic rings. The van der Waals surface area contributed by atoms with Gasteiger partial charge in [-0.3, -0.25) is 4.90 Å². The Bertz CT molecular complexity index is 1040. The van der Waals surface area contributed by atoms with Crippen LogP contribution in [0, 0.1) is 0 Å². The average Bonchev–Trinajstić information content (AvgIpc) is 2.78. The second kappa shape index (κ2) is 9.82. The van der Waals surface area contributed by atoms with Gasteiger partial charge in [0.15, 0.2) is 16.6 Å². The lowest BCUT2D eigenvalue weighted by Gasteiger charge is -2.37. The number of halogens is 2. The van der Waals surface area contributed by atoms with Crippen molar-refractivity contribution in [3.05, 3.63) is 59.3 Å². The van der Waals surface area contributed by atoms with E-state index in [1.807, 2.05) is 12.1 Å². The van der Waals surface area contributed by atoms with Crippen molar-refractivity contribution in [2.75, 3.05) is 26.2 Å². The predicted molar refractivity (Wildman–Crippen MR) is 118 cm³/mol. The molecule has 170 valence electrons. The molecule has 2 aromatic rings. The van der Waals surface area contributed by atoms with Gasteiger partial charge in [-0.05, 0) is 61.1 Å². The Labute approximate surface area is 189 Å². The molecule has 0 amide bonds. The highest BCUT2D eigenvalue weighted by Gasteiger charge is 2.35. The first-order valence-corrected chi connectivity index (χ1v) is 9.88. The summed E-state index contributed by atoms with van der Waals surface area (Å²) in [5.74, 6) is 0.0863. The fourth-order valence-corrected chi connectivity index (χ4v) is 3.83. The van der Waals surface area contributed by atoms with Crippen LogP contribution in [0.4, 0.5) is 14.5 Å². The van der Waals surface area contributed by atoms with Crippen molar-refractivity contribution in [2.24, 2.45) is 0 Å². The summed E-state index contributed by atoms with van der Waals surface area (Å²) in [5.41, 5.74) is 2.14. The molecule has 0 saturated carbocycles. The maximum atomic E-state index is 12.7. The number of rotatable bonds is 7. The van der Waals surface area contributed by atoms with Crippen molar-refractivity contribution in [1.29, 1.82) is 0 Å². The number of allylic oxidation sites excluding steroid dienone is 1. The summed E-state index contributed by atoms with van der Waals surface area (Å²) in [5, 5.41) is 3.48. The topological polar surface area (TPSA) is 69.3 Å². The number of hydrogen-bond donors (Lipinski definition) is 1. The van der Waals surface area contributed by atoms with Gasteiger partial charge in [-0.15, -0.1) is 0 Å². The maximum Gasteiger partial charge on any atom is 0.387 e. The van der Waals surface area contributed by atoms with E-state index in [9.17, 15) is 13.6 Å². The molecule has 0 bridgehead atoms. The van der Waals surface area contributed by atoms with Crippen LogP contribution in [-0.4, -0.2) is 39.0 Å². The minimum absolute atomic E-state index is 0.0926. The van der Waals surface area contributed by atoms with E-state index in [2.05, 4.69) is 10.1 Å². The summed E-state index contributed by atoms with van der Waals surface area (Å²) in [7, 11) is 4.19. The normalized spacial score (nSPS) is 16.0. The fraction of sp³-hybridized carbons (Fsp3) is 0.273. The smallest absolute Gasteiger partial charge is 0.387 e. The number of esters is 1. The van der Waals surface area contributed by atoms with Crippen LogP contribution in [0.25, 0.3) is 0 Å². The lowest BCUT2D eigenvalue weighted by Crippen LogP contribution is -2.48. The molecule has 0 spiro atoms. The molecule has 3 rings (SSSR count). The third-order valence-electron chi connectivity index (χ3n) is 4.96. The van der Waals surface area contributed by atoms with E-state index in [0.29, 0.717) is 27.7 Å². The minimum atomic E-state index is -3.00. The van der Waals surface area contributed by atoms with Crippen LogP contribution in [-0.2, 0) is 9.53 Å². The van der Waals surface area contributed by atoms with Gasteiger partial charge in [0.05, 0.1) is 32.9 Å². The first kappa shape index (κ1) is 23.3. The zero-order chi connectivity index (χ0) is 23.4. The van der Waals surface area contributed by atoms with Crippen molar-refractivity contribution in [1.82, 2.24) is 5.32 Å². The molecule has 1 N–H and O–H groups in total. The summed E-state index contributed by atoms with van der Waals surface area (Å²) in [6.45, 7) is -1.25. The van der Waals surface area contributed by atoms with E-state index in [4.69, 9.17) is 26.4 Å². The number of hydrogen-bond acceptors (Lipinski definition) is 6. The number of nitrogens with one attached hydrogen (secondary N) is 1. The summed E-state index contributed by atoms with van der Waals surface area (Å²) in [4.78, 5) is 14.5. The number of anilines is 1. The van der Waals surface area contributed by atoms with Gasteiger partial charge in [-0.1, -0.05) is 6.07 Å². The monoisotopic (exact) mass is 464 g/mol. The molecular formula is C22H22F2N2O5S. The number of carbonyl (C=O) groups is 1. The lowest BCUT2D eigenvalue weighted by atomic mass is 9.94. The fourth-order valence-electron chi connectivity index (χ4n) is 3.47. The number of methoxy groups -OCH3 is 3. The molecule has 1 heterocycles. The Hall–Kier alpha value is -3.40. The van der Waals surface area contributed by atoms with E-state index in [-0.39, 0.29) is 11.5 Å². The molecule has 1 atom stereocenters. The Morgan fingerprint density at radius 1 is 1.06 bits per heavy atom. The van der Waals surface area contributed by atoms with Gasteiger partial charge in [0.1, 0.15) is 5.75 Å². The van der Waals surface area contributed by atoms with Crippen LogP contribution in [0.5, 0.6) is 17.2 Å². The van der Waals surface area contributed by atoms with Crippen molar-refractivity contribution in [2.45, 2.75) is 19.6 Å². The van der Waals surface area contributed by atoms with Gasteiger partial charge >= 0.3 is 12.6 Å². The number of carbonyl (C=O) groups excluding carboxylic acids is 1. The molecule has 0 unspecified atom stereocenters. The number of nitrogens with zero attached hydrogens (tertiary/aromatic N) is 1. The van der Waals surface area contributed by atoms with Crippen LogP contribution < -0.4 is 24.4 Å². The summed E-state index contributed by atoms with van der Waals surface area (Å²) < 4.78 is 45.2. The third-order valence-corrected chi connectivity index (χ3v) is 5.26. The Morgan fingerprint density at radius 3 is 2.31 bits per heavy atom. The minimum Gasteiger partial charge on any atom is -0.497 e. The molecule has 0 radical (unpaired) electrons. The molecule has 0 fully saturated rings. The Kier molecular flexibility index (Phi) is 7.14. The van der Waals surface area contributed by atoms with Crippen LogP contribution in [0.1, 0.15) is 18.5 Å². The highest BCUT2D eigenvalue weighted by molar-refractivity contribution is 7.80. The zero-order valence-corrected chi connectivity index (χ0v) is 18.7. The quantitative estimate of drug-likeness (QED) is 0.483. The van der Waals surface area contributed by atoms with Gasteiger partial charge in [0, 0.05) is 11.4 Å². The van der Waals surface area contributed by atoms with Crippen LogP contribution in [0.2, 0.25) is 0 Å². The molecule has 7 nitrogen and oxygen atoms in total. The standard InChI is InChI=1S/C22H22F2N2O5S/c1-12-18(20(27)30-4)19(13-5-10-16(31-21(23)24)17(11-13)29-3)25-22(32)26(12)14-6-8-15(28-2)9-7-14/h5-11,19,21H,1-4H3,(H,25,32)/t19-/m0/s1. The number of alkyl halides is 2. The first-order valence-electron chi connectivity index (χ1n) is 9.47. The zero-order valence-electron chi connectivity index (χ0n) is 17.8. The number of benzene rings is 2. The lowest BCUT2D eigenvalue weighted by molar-refractivity contribution is -0.136. The highest BCUT2D eigenvalue weighted by atomic mass is 32.1. The van der Waals surface area contributed by atoms with Gasteiger partial charge in [-0.2, -0.15) is 8.78 Å². The van der Waals surface area contributed by atoms with E-state index < -0.39 is 18.6 Å². The second-order valence-electron chi connectivity index (χ2n) is 6.70. The highest BCUT2D eigenvalue weighted by Crippen LogP contribution is 2.38.